The summed E-state index contributed by atoms with van der Waals surface area (Å²) >= 11 is 0. The molecule has 3 rings (SSSR count). The van der Waals surface area contributed by atoms with Gasteiger partial charge in [0.15, 0.2) is 5.82 Å². The van der Waals surface area contributed by atoms with E-state index >= 15 is 0 Å². The third-order valence-corrected chi connectivity index (χ3v) is 4.84. The van der Waals surface area contributed by atoms with Gasteiger partial charge < -0.3 is 15.0 Å². The number of rotatable bonds is 7. The summed E-state index contributed by atoms with van der Waals surface area (Å²) in [7, 11) is 1.58. The first-order valence-electron chi connectivity index (χ1n) is 9.53. The fourth-order valence-electron chi connectivity index (χ4n) is 3.59. The molecule has 27 heavy (non-hydrogen) atoms. The Hall–Kier alpha value is -2.41. The molecular weight excluding hydrogens is 342 g/mol. The van der Waals surface area contributed by atoms with Gasteiger partial charge in [-0.3, -0.25) is 9.89 Å². The number of hydrogen-bond acceptors (Lipinski definition) is 5. The van der Waals surface area contributed by atoms with Gasteiger partial charge in [-0.15, -0.1) is 0 Å². The zero-order chi connectivity index (χ0) is 19.3. The zero-order valence-electron chi connectivity index (χ0n) is 16.4. The average Bonchev–Trinajstić information content (AvgIpc) is 3.10. The number of hydrogen-bond donors (Lipinski definition) is 2. The first kappa shape index (κ1) is 19.4. The molecule has 146 valence electrons. The second kappa shape index (κ2) is 8.52. The molecule has 2 aromatic rings. The van der Waals surface area contributed by atoms with Gasteiger partial charge in [-0.2, -0.15) is 5.10 Å². The lowest BCUT2D eigenvalue weighted by Gasteiger charge is -2.34. The van der Waals surface area contributed by atoms with E-state index in [1.54, 1.807) is 19.4 Å². The lowest BCUT2D eigenvalue weighted by atomic mass is 9.87. The van der Waals surface area contributed by atoms with Crippen molar-refractivity contribution in [2.75, 3.05) is 32.1 Å². The lowest BCUT2D eigenvalue weighted by Crippen LogP contribution is -2.39. The molecule has 7 heteroatoms. The number of ether oxygens (including phenoxy) is 1. The predicted octanol–water partition coefficient (Wildman–Crippen LogP) is 3.32. The summed E-state index contributed by atoms with van der Waals surface area (Å²) in [6.07, 6.45) is 6.02. The molecule has 0 saturated carbocycles. The predicted molar refractivity (Wildman–Crippen MR) is 106 cm³/mol. The molecule has 1 aliphatic rings. The summed E-state index contributed by atoms with van der Waals surface area (Å²) in [6, 6.07) is 5.50. The molecule has 0 aliphatic carbocycles. The number of piperidine rings is 1. The largest absolute Gasteiger partial charge is 0.481 e. The fraction of sp³-hybridized carbons (Fsp3) is 0.550. The molecule has 1 aliphatic heterocycles. The van der Waals surface area contributed by atoms with E-state index in [1.165, 1.54) is 19.3 Å². The first-order valence-corrected chi connectivity index (χ1v) is 9.53. The second-order valence-corrected chi connectivity index (χ2v) is 7.98. The van der Waals surface area contributed by atoms with Crippen LogP contribution in [0, 0.1) is 5.41 Å². The highest BCUT2D eigenvalue weighted by Crippen LogP contribution is 2.25. The Morgan fingerprint density at radius 1 is 1.30 bits per heavy atom. The van der Waals surface area contributed by atoms with E-state index < -0.39 is 0 Å². The number of methoxy groups -OCH3 is 1. The number of carbonyl (C=O) groups excluding carboxylic acids is 1. The Bertz CT molecular complexity index is 748. The van der Waals surface area contributed by atoms with E-state index in [2.05, 4.69) is 39.2 Å². The molecule has 2 aromatic heterocycles. The van der Waals surface area contributed by atoms with Crippen LogP contribution in [0.15, 0.2) is 24.4 Å². The van der Waals surface area contributed by atoms with Crippen molar-refractivity contribution in [2.24, 2.45) is 5.41 Å². The van der Waals surface area contributed by atoms with Crippen molar-refractivity contribution in [1.82, 2.24) is 20.1 Å². The van der Waals surface area contributed by atoms with Gasteiger partial charge in [-0.25, -0.2) is 4.98 Å². The smallest absolute Gasteiger partial charge is 0.226 e. The van der Waals surface area contributed by atoms with E-state index in [0.29, 0.717) is 18.1 Å². The Morgan fingerprint density at radius 2 is 2.07 bits per heavy atom. The van der Waals surface area contributed by atoms with Gasteiger partial charge in [-0.05, 0) is 37.4 Å². The highest BCUT2D eigenvalue weighted by molar-refractivity contribution is 5.90. The number of aromatic nitrogens is 3. The minimum absolute atomic E-state index is 0.0112. The van der Waals surface area contributed by atoms with E-state index in [1.807, 2.05) is 12.1 Å². The number of nitrogens with one attached hydrogen (secondary N) is 2. The van der Waals surface area contributed by atoms with Gasteiger partial charge in [0.05, 0.1) is 12.8 Å². The molecular formula is C20H29N5O2. The minimum atomic E-state index is -0.0690. The van der Waals surface area contributed by atoms with Crippen LogP contribution in [0.25, 0.3) is 11.3 Å². The standard InChI is InChI=1S/C20H29N5O2/c1-20(2,14-25-9-5-4-6-10-25)12-18(26)22-17-11-16(23-24-17)15-7-8-19(27-3)21-13-15/h7-8,11,13H,4-6,9-10,12,14H2,1-3H3,(H2,22,23,24,26). The van der Waals surface area contributed by atoms with Crippen LogP contribution >= 0.6 is 0 Å². The highest BCUT2D eigenvalue weighted by Gasteiger charge is 2.26. The Kier molecular flexibility index (Phi) is 6.11. The number of nitrogens with zero attached hydrogens (tertiary/aromatic N) is 3. The third kappa shape index (κ3) is 5.53. The molecule has 0 bridgehead atoms. The highest BCUT2D eigenvalue weighted by atomic mass is 16.5. The SMILES string of the molecule is COc1ccc(-c2cc(NC(=O)CC(C)(C)CN3CCCCC3)n[nH]2)cn1. The van der Waals surface area contributed by atoms with Crippen LogP contribution in [0.4, 0.5) is 5.82 Å². The number of aromatic amines is 1. The van der Waals surface area contributed by atoms with E-state index in [9.17, 15) is 4.79 Å². The Labute approximate surface area is 160 Å². The Morgan fingerprint density at radius 3 is 2.74 bits per heavy atom. The minimum Gasteiger partial charge on any atom is -0.481 e. The molecule has 1 amide bonds. The molecule has 2 N–H and O–H groups in total. The number of anilines is 1. The summed E-state index contributed by atoms with van der Waals surface area (Å²) in [5, 5.41) is 10.0. The van der Waals surface area contributed by atoms with Crippen molar-refractivity contribution in [2.45, 2.75) is 39.5 Å². The van der Waals surface area contributed by atoms with Gasteiger partial charge in [-0.1, -0.05) is 20.3 Å². The van der Waals surface area contributed by atoms with Gasteiger partial charge in [0, 0.05) is 36.9 Å². The number of likely N-dealkylation sites (tertiary alicyclic amines) is 1. The molecule has 0 spiro atoms. The van der Waals surface area contributed by atoms with Crippen LogP contribution in [0.2, 0.25) is 0 Å². The van der Waals surface area contributed by atoms with E-state index in [0.717, 1.165) is 30.9 Å². The Balaban J connectivity index is 1.55. The number of H-pyrrole nitrogens is 1. The summed E-state index contributed by atoms with van der Waals surface area (Å²) in [4.78, 5) is 19.1. The van der Waals surface area contributed by atoms with Crippen molar-refractivity contribution in [1.29, 1.82) is 0 Å². The molecule has 0 unspecified atom stereocenters. The summed E-state index contributed by atoms with van der Waals surface area (Å²) in [6.45, 7) is 7.54. The quantitative estimate of drug-likeness (QED) is 0.780. The monoisotopic (exact) mass is 371 g/mol. The maximum atomic E-state index is 12.5. The van der Waals surface area contributed by atoms with Crippen LogP contribution in [0.3, 0.4) is 0 Å². The molecule has 0 aromatic carbocycles. The molecule has 1 saturated heterocycles. The van der Waals surface area contributed by atoms with Crippen LogP contribution < -0.4 is 10.1 Å². The third-order valence-electron chi connectivity index (χ3n) is 4.84. The van der Waals surface area contributed by atoms with Crippen LogP contribution in [-0.2, 0) is 4.79 Å². The van der Waals surface area contributed by atoms with Gasteiger partial charge >= 0.3 is 0 Å². The zero-order valence-corrected chi connectivity index (χ0v) is 16.4. The molecule has 1 fully saturated rings. The second-order valence-electron chi connectivity index (χ2n) is 7.98. The van der Waals surface area contributed by atoms with Crippen LogP contribution in [0.5, 0.6) is 5.88 Å². The summed E-state index contributed by atoms with van der Waals surface area (Å²) < 4.78 is 5.07. The van der Waals surface area contributed by atoms with E-state index in [-0.39, 0.29) is 11.3 Å². The lowest BCUT2D eigenvalue weighted by molar-refractivity contribution is -0.118. The van der Waals surface area contributed by atoms with E-state index in [4.69, 9.17) is 4.74 Å². The maximum absolute atomic E-state index is 12.5. The van der Waals surface area contributed by atoms with Crippen molar-refractivity contribution >= 4 is 11.7 Å². The maximum Gasteiger partial charge on any atom is 0.226 e. The first-order chi connectivity index (χ1) is 12.9. The topological polar surface area (TPSA) is 83.1 Å². The van der Waals surface area contributed by atoms with Gasteiger partial charge in [0.1, 0.15) is 0 Å². The van der Waals surface area contributed by atoms with Gasteiger partial charge in [0.2, 0.25) is 11.8 Å². The normalized spacial score (nSPS) is 15.5. The average molecular weight is 371 g/mol. The van der Waals surface area contributed by atoms with Crippen molar-refractivity contribution < 1.29 is 9.53 Å². The summed E-state index contributed by atoms with van der Waals surface area (Å²) in [5.74, 6) is 1.07. The molecule has 0 atom stereocenters. The molecule has 3 heterocycles. The molecule has 0 radical (unpaired) electrons. The fourth-order valence-corrected chi connectivity index (χ4v) is 3.59. The van der Waals surface area contributed by atoms with Crippen LogP contribution in [0.1, 0.15) is 39.5 Å². The van der Waals surface area contributed by atoms with Crippen molar-refractivity contribution in [3.8, 4) is 17.1 Å². The van der Waals surface area contributed by atoms with Gasteiger partial charge in [0.25, 0.3) is 0 Å². The molecule has 7 nitrogen and oxygen atoms in total. The summed E-state index contributed by atoms with van der Waals surface area (Å²) in [5.41, 5.74) is 1.61. The van der Waals surface area contributed by atoms with Crippen molar-refractivity contribution in [3.05, 3.63) is 24.4 Å². The number of amides is 1. The van der Waals surface area contributed by atoms with Crippen LogP contribution in [-0.4, -0.2) is 52.7 Å². The van der Waals surface area contributed by atoms with Crippen molar-refractivity contribution in [3.63, 3.8) is 0 Å². The number of pyridine rings is 1. The number of carbonyl (C=O) groups is 1.